The van der Waals surface area contributed by atoms with Crippen molar-refractivity contribution in [2.24, 2.45) is 0 Å². The fraction of sp³-hybridized carbons (Fsp3) is 0.476. The third kappa shape index (κ3) is 3.93. The van der Waals surface area contributed by atoms with Crippen molar-refractivity contribution in [2.45, 2.75) is 31.7 Å². The molecule has 1 saturated heterocycles. The van der Waals surface area contributed by atoms with Crippen LogP contribution in [0.4, 0.5) is 5.82 Å². The van der Waals surface area contributed by atoms with Crippen molar-refractivity contribution in [3.63, 3.8) is 0 Å². The molecule has 5 nitrogen and oxygen atoms in total. The number of hydrogen-bond donors (Lipinski definition) is 0. The second-order valence-electron chi connectivity index (χ2n) is 7.09. The molecule has 1 aliphatic carbocycles. The second kappa shape index (κ2) is 7.96. The Morgan fingerprint density at radius 1 is 0.923 bits per heavy atom. The average Bonchev–Trinajstić information content (AvgIpc) is 2.87. The van der Waals surface area contributed by atoms with Crippen LogP contribution < -0.4 is 14.4 Å². The zero-order valence-electron chi connectivity index (χ0n) is 15.4. The Morgan fingerprint density at radius 2 is 1.81 bits per heavy atom. The summed E-state index contributed by atoms with van der Waals surface area (Å²) in [5, 5.41) is 0. The highest BCUT2D eigenvalue weighted by atomic mass is 16.5. The van der Waals surface area contributed by atoms with E-state index in [1.54, 1.807) is 7.11 Å². The number of rotatable bonds is 5. The summed E-state index contributed by atoms with van der Waals surface area (Å²) in [6, 6.07) is 12.5. The molecule has 2 aliphatic rings. The first kappa shape index (κ1) is 17.2. The van der Waals surface area contributed by atoms with Crippen LogP contribution in [-0.4, -0.2) is 49.2 Å². The highest BCUT2D eigenvalue weighted by Crippen LogP contribution is 2.28. The molecule has 0 unspecified atom stereocenters. The number of hydrogen-bond acceptors (Lipinski definition) is 5. The molecular weight excluding hydrogens is 326 g/mol. The predicted octanol–water partition coefficient (Wildman–Crippen LogP) is 3.95. The van der Waals surface area contributed by atoms with Crippen molar-refractivity contribution in [3.8, 4) is 17.2 Å². The quantitative estimate of drug-likeness (QED) is 0.814. The van der Waals surface area contributed by atoms with Crippen molar-refractivity contribution in [1.82, 2.24) is 9.88 Å². The van der Waals surface area contributed by atoms with Gasteiger partial charge in [0.1, 0.15) is 23.1 Å². The number of benzene rings is 1. The number of anilines is 1. The molecule has 26 heavy (non-hydrogen) atoms. The minimum absolute atomic E-state index is 0.743. The molecule has 0 bridgehead atoms. The smallest absolute Gasteiger partial charge is 0.145 e. The van der Waals surface area contributed by atoms with Gasteiger partial charge in [0, 0.05) is 38.3 Å². The first-order valence-corrected chi connectivity index (χ1v) is 9.59. The lowest BCUT2D eigenvalue weighted by Crippen LogP contribution is -2.42. The molecule has 0 atom stereocenters. The number of nitrogens with zero attached hydrogens (tertiary/aromatic N) is 3. The van der Waals surface area contributed by atoms with Crippen LogP contribution in [0.2, 0.25) is 0 Å². The van der Waals surface area contributed by atoms with E-state index in [0.717, 1.165) is 48.7 Å². The van der Waals surface area contributed by atoms with Gasteiger partial charge in [-0.2, -0.15) is 0 Å². The van der Waals surface area contributed by atoms with Gasteiger partial charge >= 0.3 is 0 Å². The summed E-state index contributed by atoms with van der Waals surface area (Å²) in [6.45, 7) is 4.50. The molecule has 1 aliphatic heterocycles. The van der Waals surface area contributed by atoms with E-state index >= 15 is 0 Å². The van der Waals surface area contributed by atoms with Gasteiger partial charge in [0.15, 0.2) is 0 Å². The molecule has 1 saturated carbocycles. The molecule has 2 heterocycles. The van der Waals surface area contributed by atoms with Gasteiger partial charge in [0.2, 0.25) is 0 Å². The second-order valence-corrected chi connectivity index (χ2v) is 7.09. The van der Waals surface area contributed by atoms with Gasteiger partial charge in [-0.1, -0.05) is 12.5 Å². The monoisotopic (exact) mass is 353 g/mol. The van der Waals surface area contributed by atoms with Crippen LogP contribution >= 0.6 is 0 Å². The molecule has 0 N–H and O–H groups in total. The van der Waals surface area contributed by atoms with E-state index in [1.807, 2.05) is 36.5 Å². The van der Waals surface area contributed by atoms with Crippen LogP contribution in [0.3, 0.4) is 0 Å². The van der Waals surface area contributed by atoms with Crippen LogP contribution in [0.1, 0.15) is 25.7 Å². The molecule has 2 aromatic rings. The first-order valence-electron chi connectivity index (χ1n) is 9.59. The predicted molar refractivity (Wildman–Crippen MR) is 103 cm³/mol. The summed E-state index contributed by atoms with van der Waals surface area (Å²) in [6.07, 6.45) is 7.19. The highest BCUT2D eigenvalue weighted by Gasteiger charge is 2.26. The van der Waals surface area contributed by atoms with Gasteiger partial charge < -0.3 is 14.4 Å². The van der Waals surface area contributed by atoms with E-state index in [9.17, 15) is 0 Å². The lowest BCUT2D eigenvalue weighted by Gasteiger charge is -2.36. The number of aromatic nitrogens is 1. The summed E-state index contributed by atoms with van der Waals surface area (Å²) >= 11 is 0. The number of ether oxygens (including phenoxy) is 2. The molecule has 1 aromatic carbocycles. The Labute approximate surface area is 155 Å². The van der Waals surface area contributed by atoms with Gasteiger partial charge in [0.05, 0.1) is 13.3 Å². The molecule has 1 aromatic heterocycles. The molecule has 2 fully saturated rings. The molecule has 138 valence electrons. The molecule has 0 amide bonds. The molecular formula is C21H27N3O2. The lowest BCUT2D eigenvalue weighted by atomic mass is 9.91. The highest BCUT2D eigenvalue weighted by molar-refractivity contribution is 5.43. The third-order valence-corrected chi connectivity index (χ3v) is 5.44. The average molecular weight is 353 g/mol. The van der Waals surface area contributed by atoms with E-state index in [4.69, 9.17) is 9.47 Å². The Kier molecular flexibility index (Phi) is 5.25. The van der Waals surface area contributed by atoms with E-state index in [1.165, 1.54) is 32.2 Å². The first-order chi connectivity index (χ1) is 12.8. The summed E-state index contributed by atoms with van der Waals surface area (Å²) < 4.78 is 11.1. The number of pyridine rings is 1. The van der Waals surface area contributed by atoms with Crippen molar-refractivity contribution in [1.29, 1.82) is 0 Å². The lowest BCUT2D eigenvalue weighted by molar-refractivity contribution is 0.136. The summed E-state index contributed by atoms with van der Waals surface area (Å²) in [7, 11) is 1.66. The fourth-order valence-electron chi connectivity index (χ4n) is 3.70. The van der Waals surface area contributed by atoms with Crippen molar-refractivity contribution in [3.05, 3.63) is 42.6 Å². The van der Waals surface area contributed by atoms with Crippen LogP contribution in [0, 0.1) is 0 Å². The Bertz CT molecular complexity index is 715. The zero-order valence-corrected chi connectivity index (χ0v) is 15.4. The SMILES string of the molecule is COc1cccc(Oc2ccc(N3CCCN(C4CCC4)CC3)nc2)c1. The minimum Gasteiger partial charge on any atom is -0.497 e. The van der Waals surface area contributed by atoms with Gasteiger partial charge in [-0.25, -0.2) is 4.98 Å². The van der Waals surface area contributed by atoms with E-state index in [-0.39, 0.29) is 0 Å². The molecule has 0 spiro atoms. The summed E-state index contributed by atoms with van der Waals surface area (Å²) in [5.74, 6) is 3.32. The Balaban J connectivity index is 1.37. The standard InChI is InChI=1S/C21H27N3O2/c1-25-18-7-3-8-19(15-18)26-20-9-10-21(22-16-20)24-12-4-11-23(13-14-24)17-5-2-6-17/h3,7-10,15-17H,2,4-6,11-14H2,1H3. The Hall–Kier alpha value is -2.27. The molecule has 4 rings (SSSR count). The van der Waals surface area contributed by atoms with Gasteiger partial charge in [0.25, 0.3) is 0 Å². The maximum absolute atomic E-state index is 5.89. The van der Waals surface area contributed by atoms with Gasteiger partial charge in [-0.3, -0.25) is 4.90 Å². The fourth-order valence-corrected chi connectivity index (χ4v) is 3.70. The van der Waals surface area contributed by atoms with Gasteiger partial charge in [-0.15, -0.1) is 0 Å². The maximum Gasteiger partial charge on any atom is 0.145 e. The normalized spacial score (nSPS) is 18.9. The largest absolute Gasteiger partial charge is 0.497 e. The molecule has 0 radical (unpaired) electrons. The topological polar surface area (TPSA) is 37.8 Å². The van der Waals surface area contributed by atoms with Crippen LogP contribution in [0.15, 0.2) is 42.6 Å². The van der Waals surface area contributed by atoms with Crippen LogP contribution in [-0.2, 0) is 0 Å². The summed E-state index contributed by atoms with van der Waals surface area (Å²) in [5.41, 5.74) is 0. The maximum atomic E-state index is 5.89. The van der Waals surface area contributed by atoms with Crippen molar-refractivity contribution in [2.75, 3.05) is 38.2 Å². The van der Waals surface area contributed by atoms with Gasteiger partial charge in [-0.05, 0) is 43.5 Å². The number of methoxy groups -OCH3 is 1. The molecule has 5 heteroatoms. The third-order valence-electron chi connectivity index (χ3n) is 5.44. The van der Waals surface area contributed by atoms with E-state index < -0.39 is 0 Å². The van der Waals surface area contributed by atoms with E-state index in [2.05, 4.69) is 20.9 Å². The minimum atomic E-state index is 0.743. The summed E-state index contributed by atoms with van der Waals surface area (Å²) in [4.78, 5) is 9.71. The van der Waals surface area contributed by atoms with Crippen molar-refractivity contribution < 1.29 is 9.47 Å². The zero-order chi connectivity index (χ0) is 17.8. The van der Waals surface area contributed by atoms with E-state index in [0.29, 0.717) is 0 Å². The van der Waals surface area contributed by atoms with Crippen LogP contribution in [0.5, 0.6) is 17.2 Å². The Morgan fingerprint density at radius 3 is 2.54 bits per heavy atom. The van der Waals surface area contributed by atoms with Crippen LogP contribution in [0.25, 0.3) is 0 Å². The van der Waals surface area contributed by atoms with Crippen molar-refractivity contribution >= 4 is 5.82 Å².